The van der Waals surface area contributed by atoms with Gasteiger partial charge in [-0.2, -0.15) is 8.78 Å². The molecule has 146 valence electrons. The van der Waals surface area contributed by atoms with E-state index >= 15 is 0 Å². The molecule has 1 amide bonds. The van der Waals surface area contributed by atoms with E-state index in [1.165, 1.54) is 12.4 Å². The third-order valence-corrected chi connectivity index (χ3v) is 4.05. The van der Waals surface area contributed by atoms with Crippen molar-refractivity contribution in [1.82, 2.24) is 19.4 Å². The van der Waals surface area contributed by atoms with Crippen LogP contribution < -0.4 is 5.73 Å². The van der Waals surface area contributed by atoms with E-state index < -0.39 is 12.6 Å². The lowest BCUT2D eigenvalue weighted by Crippen LogP contribution is -2.53. The molecule has 0 spiro atoms. The van der Waals surface area contributed by atoms with Gasteiger partial charge in [-0.25, -0.2) is 4.98 Å². The third-order valence-electron chi connectivity index (χ3n) is 4.05. The fourth-order valence-corrected chi connectivity index (χ4v) is 2.81. The number of rotatable bonds is 6. The van der Waals surface area contributed by atoms with Crippen LogP contribution in [0.3, 0.4) is 0 Å². The van der Waals surface area contributed by atoms with Crippen LogP contribution in [0.5, 0.6) is 0 Å². The summed E-state index contributed by atoms with van der Waals surface area (Å²) in [5.74, 6) is 0.701. The van der Waals surface area contributed by atoms with Crippen molar-refractivity contribution in [3.05, 3.63) is 18.2 Å². The van der Waals surface area contributed by atoms with Crippen LogP contribution in [-0.2, 0) is 11.3 Å². The van der Waals surface area contributed by atoms with E-state index in [1.54, 1.807) is 4.90 Å². The normalized spacial score (nSPS) is 16.5. The smallest absolute Gasteiger partial charge is 0.319 e. The van der Waals surface area contributed by atoms with Gasteiger partial charge in [-0.05, 0) is 12.3 Å². The molecule has 2 heterocycles. The number of nitrogens with two attached hydrogens (primary N) is 1. The monoisotopic (exact) mass is 401 g/mol. The molecule has 0 aromatic carbocycles. The van der Waals surface area contributed by atoms with Gasteiger partial charge in [-0.3, -0.25) is 14.3 Å². The fraction of sp³-hybridized carbons (Fsp3) is 0.733. The van der Waals surface area contributed by atoms with E-state index in [0.717, 1.165) is 4.57 Å². The van der Waals surface area contributed by atoms with Crippen LogP contribution in [0.25, 0.3) is 0 Å². The number of hydrogen-bond acceptors (Lipinski definition) is 4. The summed E-state index contributed by atoms with van der Waals surface area (Å²) >= 11 is 0. The van der Waals surface area contributed by atoms with E-state index in [-0.39, 0.29) is 30.7 Å². The van der Waals surface area contributed by atoms with E-state index in [1.807, 2.05) is 18.7 Å². The fourth-order valence-electron chi connectivity index (χ4n) is 2.81. The maximum absolute atomic E-state index is 12.8. The average Bonchev–Trinajstić information content (AvgIpc) is 2.95. The van der Waals surface area contributed by atoms with Gasteiger partial charge in [0.05, 0.1) is 12.6 Å². The number of nitrogens with zero attached hydrogens (tertiary/aromatic N) is 4. The van der Waals surface area contributed by atoms with Crippen molar-refractivity contribution in [3.8, 4) is 0 Å². The van der Waals surface area contributed by atoms with Gasteiger partial charge in [0.1, 0.15) is 5.82 Å². The molecule has 1 aliphatic heterocycles. The number of halogens is 4. The molecular weight excluding hydrogens is 375 g/mol. The van der Waals surface area contributed by atoms with Gasteiger partial charge in [0.15, 0.2) is 0 Å². The molecule has 6 nitrogen and oxygen atoms in total. The minimum atomic E-state index is -2.58. The first-order chi connectivity index (χ1) is 10.9. The van der Waals surface area contributed by atoms with E-state index in [0.29, 0.717) is 50.9 Å². The van der Waals surface area contributed by atoms with Crippen LogP contribution in [0.15, 0.2) is 12.4 Å². The standard InChI is InChI=1S/C15H25F2N5O.2ClH/c1-11(2)9-12(18)14(23)21-7-5-20(6-8-21)10-13-19-3-4-22(13)15(16)17;;/h3-4,11-12,15H,5-10,18H2,1-2H3;2*1H/t12-;;/m0../s1. The van der Waals surface area contributed by atoms with Crippen molar-refractivity contribution in [1.29, 1.82) is 0 Å². The van der Waals surface area contributed by atoms with Crippen LogP contribution in [0.1, 0.15) is 32.6 Å². The lowest BCUT2D eigenvalue weighted by Gasteiger charge is -2.36. The van der Waals surface area contributed by atoms with Gasteiger partial charge in [0.2, 0.25) is 5.91 Å². The molecule has 1 atom stereocenters. The highest BCUT2D eigenvalue weighted by molar-refractivity contribution is 5.85. The number of carbonyl (C=O) groups excluding carboxylic acids is 1. The number of alkyl halides is 2. The third kappa shape index (κ3) is 6.69. The van der Waals surface area contributed by atoms with Crippen molar-refractivity contribution in [2.24, 2.45) is 11.7 Å². The number of amides is 1. The van der Waals surface area contributed by atoms with E-state index in [2.05, 4.69) is 4.98 Å². The van der Waals surface area contributed by atoms with Gasteiger partial charge in [-0.1, -0.05) is 13.8 Å². The summed E-state index contributed by atoms with van der Waals surface area (Å²) in [4.78, 5) is 20.0. The topological polar surface area (TPSA) is 67.4 Å². The van der Waals surface area contributed by atoms with Crippen molar-refractivity contribution in [2.45, 2.75) is 39.4 Å². The van der Waals surface area contributed by atoms with Crippen LogP contribution >= 0.6 is 24.8 Å². The number of carbonyl (C=O) groups is 1. The van der Waals surface area contributed by atoms with Crippen LogP contribution in [-0.4, -0.2) is 57.5 Å². The summed E-state index contributed by atoms with van der Waals surface area (Å²) in [6.45, 7) is 4.26. The summed E-state index contributed by atoms with van der Waals surface area (Å²) in [7, 11) is 0. The number of piperazine rings is 1. The molecule has 1 aromatic heterocycles. The Kier molecular flexibility index (Phi) is 10.5. The molecule has 1 aliphatic rings. The Labute approximate surface area is 159 Å². The SMILES string of the molecule is CC(C)C[C@H](N)C(=O)N1CCN(Cc2nccn2C(F)F)CC1.Cl.Cl. The Morgan fingerprint density at radius 1 is 1.24 bits per heavy atom. The Balaban J connectivity index is 0.00000288. The number of hydrogen-bond donors (Lipinski definition) is 1. The summed E-state index contributed by atoms with van der Waals surface area (Å²) in [5, 5.41) is 0. The van der Waals surface area contributed by atoms with Crippen LogP contribution in [0.2, 0.25) is 0 Å². The molecule has 10 heteroatoms. The van der Waals surface area contributed by atoms with Crippen LogP contribution in [0.4, 0.5) is 8.78 Å². The summed E-state index contributed by atoms with van der Waals surface area (Å²) < 4.78 is 26.5. The van der Waals surface area contributed by atoms with Gasteiger partial charge in [-0.15, -0.1) is 24.8 Å². The molecule has 1 saturated heterocycles. The second-order valence-corrected chi connectivity index (χ2v) is 6.37. The molecule has 0 saturated carbocycles. The maximum atomic E-state index is 12.8. The van der Waals surface area contributed by atoms with Gasteiger partial charge < -0.3 is 10.6 Å². The molecule has 25 heavy (non-hydrogen) atoms. The summed E-state index contributed by atoms with van der Waals surface area (Å²) in [5.41, 5.74) is 5.94. The van der Waals surface area contributed by atoms with Crippen LogP contribution in [0, 0.1) is 5.92 Å². The van der Waals surface area contributed by atoms with Gasteiger partial charge in [0.25, 0.3) is 0 Å². The number of imidazole rings is 1. The van der Waals surface area contributed by atoms with Crippen molar-refractivity contribution >= 4 is 30.7 Å². The average molecular weight is 402 g/mol. The van der Waals surface area contributed by atoms with Gasteiger partial charge in [0, 0.05) is 38.6 Å². The van der Waals surface area contributed by atoms with Crippen molar-refractivity contribution in [3.63, 3.8) is 0 Å². The molecule has 0 unspecified atom stereocenters. The Morgan fingerprint density at radius 3 is 2.36 bits per heavy atom. The largest absolute Gasteiger partial charge is 0.339 e. The first kappa shape index (κ1) is 24.0. The zero-order valence-electron chi connectivity index (χ0n) is 14.5. The minimum absolute atomic E-state index is 0. The Bertz CT molecular complexity index is 522. The molecule has 2 rings (SSSR count). The predicted octanol–water partition coefficient (Wildman–Crippen LogP) is 2.14. The molecule has 0 aliphatic carbocycles. The second-order valence-electron chi connectivity index (χ2n) is 6.37. The first-order valence-electron chi connectivity index (χ1n) is 7.95. The summed E-state index contributed by atoms with van der Waals surface area (Å²) in [6, 6.07) is -0.459. The number of aromatic nitrogens is 2. The highest BCUT2D eigenvalue weighted by atomic mass is 35.5. The quantitative estimate of drug-likeness (QED) is 0.792. The Hall–Kier alpha value is -0.960. The van der Waals surface area contributed by atoms with Gasteiger partial charge >= 0.3 is 6.55 Å². The van der Waals surface area contributed by atoms with E-state index in [4.69, 9.17) is 5.73 Å². The molecule has 0 radical (unpaired) electrons. The molecule has 1 aromatic rings. The second kappa shape index (κ2) is 10.9. The highest BCUT2D eigenvalue weighted by Crippen LogP contribution is 2.15. The zero-order chi connectivity index (χ0) is 17.0. The maximum Gasteiger partial charge on any atom is 0.319 e. The minimum Gasteiger partial charge on any atom is -0.339 e. The van der Waals surface area contributed by atoms with E-state index in [9.17, 15) is 13.6 Å². The molecule has 0 bridgehead atoms. The Morgan fingerprint density at radius 2 is 1.84 bits per heavy atom. The van der Waals surface area contributed by atoms with Crippen molar-refractivity contribution < 1.29 is 13.6 Å². The summed E-state index contributed by atoms with van der Waals surface area (Å²) in [6.07, 6.45) is 3.34. The predicted molar refractivity (Wildman–Crippen MR) is 97.3 cm³/mol. The van der Waals surface area contributed by atoms with Crippen molar-refractivity contribution in [2.75, 3.05) is 26.2 Å². The molecule has 1 fully saturated rings. The lowest BCUT2D eigenvalue weighted by molar-refractivity contribution is -0.134. The first-order valence-corrected chi connectivity index (χ1v) is 7.95. The lowest BCUT2D eigenvalue weighted by atomic mass is 10.0. The molecule has 2 N–H and O–H groups in total. The zero-order valence-corrected chi connectivity index (χ0v) is 16.1. The molecular formula is C15H27Cl2F2N5O. The highest BCUT2D eigenvalue weighted by Gasteiger charge is 2.26.